The lowest BCUT2D eigenvalue weighted by atomic mass is 9.96. The number of hydrogen-bond donors (Lipinski definition) is 1. The van der Waals surface area contributed by atoms with Crippen LogP contribution >= 0.6 is 23.2 Å². The minimum atomic E-state index is -0.732. The van der Waals surface area contributed by atoms with Crippen LogP contribution in [0.15, 0.2) is 29.5 Å². The van der Waals surface area contributed by atoms with Crippen molar-refractivity contribution in [3.63, 3.8) is 0 Å². The van der Waals surface area contributed by atoms with E-state index in [-0.39, 0.29) is 17.5 Å². The molecule has 0 saturated carbocycles. The SMILES string of the molecule is CC(=O)C1=C(O)C(=O)N(C[C@@H]2CCCO2)[C@H]1c1ccc(Cl)cc1Cl. The third-order valence-corrected chi connectivity index (χ3v) is 4.93. The molecule has 1 aromatic carbocycles. The van der Waals surface area contributed by atoms with Crippen molar-refractivity contribution in [3.05, 3.63) is 45.1 Å². The predicted molar refractivity (Wildman–Crippen MR) is 90.2 cm³/mol. The van der Waals surface area contributed by atoms with Gasteiger partial charge >= 0.3 is 0 Å². The number of hydrogen-bond acceptors (Lipinski definition) is 4. The molecule has 0 bridgehead atoms. The van der Waals surface area contributed by atoms with Gasteiger partial charge in [0.1, 0.15) is 0 Å². The Bertz CT molecular complexity index is 725. The molecule has 0 radical (unpaired) electrons. The van der Waals surface area contributed by atoms with Crippen LogP contribution in [-0.2, 0) is 14.3 Å². The van der Waals surface area contributed by atoms with E-state index in [2.05, 4.69) is 0 Å². The first-order valence-electron chi connectivity index (χ1n) is 7.71. The zero-order valence-electron chi connectivity index (χ0n) is 13.1. The van der Waals surface area contributed by atoms with Crippen LogP contribution in [-0.4, -0.2) is 41.0 Å². The van der Waals surface area contributed by atoms with E-state index in [0.717, 1.165) is 12.8 Å². The van der Waals surface area contributed by atoms with Gasteiger partial charge in [0.15, 0.2) is 11.5 Å². The lowest BCUT2D eigenvalue weighted by Crippen LogP contribution is -2.37. The van der Waals surface area contributed by atoms with Crippen molar-refractivity contribution < 1.29 is 19.4 Å². The molecule has 0 unspecified atom stereocenters. The van der Waals surface area contributed by atoms with Crippen LogP contribution in [0.25, 0.3) is 0 Å². The number of ether oxygens (including phenoxy) is 1. The van der Waals surface area contributed by atoms with E-state index in [1.54, 1.807) is 18.2 Å². The van der Waals surface area contributed by atoms with Crippen molar-refractivity contribution in [2.45, 2.75) is 31.9 Å². The first kappa shape index (κ1) is 17.3. The second-order valence-corrected chi connectivity index (χ2v) is 6.82. The van der Waals surface area contributed by atoms with Gasteiger partial charge < -0.3 is 14.7 Å². The fourth-order valence-electron chi connectivity index (χ4n) is 3.26. The van der Waals surface area contributed by atoms with E-state index >= 15 is 0 Å². The summed E-state index contributed by atoms with van der Waals surface area (Å²) >= 11 is 12.2. The average Bonchev–Trinajstić information content (AvgIpc) is 3.10. The molecule has 2 aliphatic rings. The second-order valence-electron chi connectivity index (χ2n) is 5.98. The molecule has 24 heavy (non-hydrogen) atoms. The Morgan fingerprint density at radius 3 is 2.75 bits per heavy atom. The van der Waals surface area contributed by atoms with Gasteiger partial charge in [0.2, 0.25) is 0 Å². The largest absolute Gasteiger partial charge is 0.503 e. The normalized spacial score (nSPS) is 24.1. The van der Waals surface area contributed by atoms with Crippen LogP contribution in [0.3, 0.4) is 0 Å². The molecular weight excluding hydrogens is 353 g/mol. The molecule has 1 aromatic rings. The zero-order valence-corrected chi connectivity index (χ0v) is 14.6. The van der Waals surface area contributed by atoms with Crippen molar-refractivity contribution in [2.75, 3.05) is 13.2 Å². The number of ketones is 1. The minimum Gasteiger partial charge on any atom is -0.503 e. The lowest BCUT2D eigenvalue weighted by Gasteiger charge is -2.29. The summed E-state index contributed by atoms with van der Waals surface area (Å²) in [7, 11) is 0. The molecule has 0 spiro atoms. The molecule has 1 fully saturated rings. The Morgan fingerprint density at radius 1 is 1.42 bits per heavy atom. The van der Waals surface area contributed by atoms with Crippen LogP contribution < -0.4 is 0 Å². The molecule has 2 atom stereocenters. The highest BCUT2D eigenvalue weighted by atomic mass is 35.5. The maximum atomic E-state index is 12.5. The molecule has 1 amide bonds. The monoisotopic (exact) mass is 369 g/mol. The molecule has 2 heterocycles. The van der Waals surface area contributed by atoms with E-state index in [1.165, 1.54) is 11.8 Å². The van der Waals surface area contributed by atoms with Crippen molar-refractivity contribution in [1.82, 2.24) is 4.90 Å². The van der Waals surface area contributed by atoms with Gasteiger partial charge in [0.25, 0.3) is 5.91 Å². The quantitative estimate of drug-likeness (QED) is 0.882. The van der Waals surface area contributed by atoms with Gasteiger partial charge in [-0.3, -0.25) is 9.59 Å². The van der Waals surface area contributed by atoms with Crippen LogP contribution in [0.1, 0.15) is 31.4 Å². The number of benzene rings is 1. The van der Waals surface area contributed by atoms with Gasteiger partial charge in [0.05, 0.1) is 17.7 Å². The Labute approximate surface area is 149 Å². The number of aliphatic hydroxyl groups excluding tert-OH is 1. The average molecular weight is 370 g/mol. The van der Waals surface area contributed by atoms with Gasteiger partial charge in [-0.15, -0.1) is 0 Å². The molecule has 2 aliphatic heterocycles. The Balaban J connectivity index is 2.03. The number of halogens is 2. The summed E-state index contributed by atoms with van der Waals surface area (Å²) < 4.78 is 5.59. The highest BCUT2D eigenvalue weighted by molar-refractivity contribution is 6.35. The highest BCUT2D eigenvalue weighted by Crippen LogP contribution is 2.41. The summed E-state index contributed by atoms with van der Waals surface area (Å²) in [6.07, 6.45) is 1.65. The number of carbonyl (C=O) groups is 2. The first-order chi connectivity index (χ1) is 11.4. The number of carbonyl (C=O) groups excluding carboxylic acids is 2. The molecule has 128 valence electrons. The maximum absolute atomic E-state index is 12.5. The van der Waals surface area contributed by atoms with Crippen LogP contribution in [0, 0.1) is 0 Å². The number of aliphatic hydroxyl groups is 1. The standard InChI is InChI=1S/C17H17Cl2NO4/c1-9(21)14-15(12-5-4-10(18)7-13(12)19)20(17(23)16(14)22)8-11-3-2-6-24-11/h4-5,7,11,15,22H,2-3,6,8H2,1H3/t11-,15-/m0/s1. The molecule has 0 aromatic heterocycles. The third kappa shape index (κ3) is 3.04. The van der Waals surface area contributed by atoms with Crippen LogP contribution in [0.2, 0.25) is 10.0 Å². The smallest absolute Gasteiger partial charge is 0.290 e. The van der Waals surface area contributed by atoms with Gasteiger partial charge in [-0.2, -0.15) is 0 Å². The summed E-state index contributed by atoms with van der Waals surface area (Å²) in [4.78, 5) is 26.0. The third-order valence-electron chi connectivity index (χ3n) is 4.36. The molecule has 1 saturated heterocycles. The van der Waals surface area contributed by atoms with Crippen molar-refractivity contribution in [2.24, 2.45) is 0 Å². The van der Waals surface area contributed by atoms with E-state index < -0.39 is 17.7 Å². The zero-order chi connectivity index (χ0) is 17.4. The Hall–Kier alpha value is -1.56. The fourth-order valence-corrected chi connectivity index (χ4v) is 3.77. The molecular formula is C17H17Cl2NO4. The van der Waals surface area contributed by atoms with E-state index in [4.69, 9.17) is 27.9 Å². The topological polar surface area (TPSA) is 66.8 Å². The summed E-state index contributed by atoms with van der Waals surface area (Å²) in [6, 6.07) is 4.14. The van der Waals surface area contributed by atoms with Crippen molar-refractivity contribution in [1.29, 1.82) is 0 Å². The summed E-state index contributed by atoms with van der Waals surface area (Å²) in [5.74, 6) is -1.46. The Morgan fingerprint density at radius 2 is 2.17 bits per heavy atom. The lowest BCUT2D eigenvalue weighted by molar-refractivity contribution is -0.131. The first-order valence-corrected chi connectivity index (χ1v) is 8.47. The highest BCUT2D eigenvalue weighted by Gasteiger charge is 2.44. The number of nitrogens with zero attached hydrogens (tertiary/aromatic N) is 1. The van der Waals surface area contributed by atoms with Crippen molar-refractivity contribution >= 4 is 34.9 Å². The predicted octanol–water partition coefficient (Wildman–Crippen LogP) is 3.46. The second kappa shape index (κ2) is 6.75. The molecule has 5 nitrogen and oxygen atoms in total. The van der Waals surface area contributed by atoms with Gasteiger partial charge in [-0.1, -0.05) is 29.3 Å². The van der Waals surface area contributed by atoms with Crippen molar-refractivity contribution in [3.8, 4) is 0 Å². The molecule has 1 N–H and O–H groups in total. The number of Topliss-reactive ketones (excluding diaryl/α,β-unsaturated/α-hetero) is 1. The van der Waals surface area contributed by atoms with Gasteiger partial charge in [-0.05, 0) is 37.5 Å². The maximum Gasteiger partial charge on any atom is 0.290 e. The fraction of sp³-hybridized carbons (Fsp3) is 0.412. The molecule has 0 aliphatic carbocycles. The summed E-state index contributed by atoms with van der Waals surface area (Å²) in [5.41, 5.74) is 0.615. The summed E-state index contributed by atoms with van der Waals surface area (Å²) in [5, 5.41) is 11.0. The van der Waals surface area contributed by atoms with E-state index in [1.807, 2.05) is 0 Å². The molecule has 3 rings (SSSR count). The summed E-state index contributed by atoms with van der Waals surface area (Å²) in [6.45, 7) is 2.27. The van der Waals surface area contributed by atoms with Crippen LogP contribution in [0.4, 0.5) is 0 Å². The minimum absolute atomic E-state index is 0.0576. The van der Waals surface area contributed by atoms with Gasteiger partial charge in [0, 0.05) is 23.2 Å². The molecule has 7 heteroatoms. The van der Waals surface area contributed by atoms with Crippen LogP contribution in [0.5, 0.6) is 0 Å². The number of amides is 1. The number of rotatable bonds is 4. The van der Waals surface area contributed by atoms with Gasteiger partial charge in [-0.25, -0.2) is 0 Å². The van der Waals surface area contributed by atoms with E-state index in [9.17, 15) is 14.7 Å². The van der Waals surface area contributed by atoms with E-state index in [0.29, 0.717) is 28.8 Å². The Kier molecular flexibility index (Phi) is 4.85.